The van der Waals surface area contributed by atoms with Crippen molar-refractivity contribution < 1.29 is 23.9 Å². The predicted octanol–water partition coefficient (Wildman–Crippen LogP) is 5.17. The Morgan fingerprint density at radius 1 is 0.868 bits per heavy atom. The van der Waals surface area contributed by atoms with Crippen LogP contribution in [0.15, 0.2) is 72.8 Å². The molecule has 1 heterocycles. The van der Waals surface area contributed by atoms with Crippen molar-refractivity contribution in [2.24, 2.45) is 11.8 Å². The molecule has 1 aliphatic heterocycles. The molecule has 1 saturated heterocycles. The Morgan fingerprint density at radius 3 is 2.32 bits per heavy atom. The van der Waals surface area contributed by atoms with Crippen LogP contribution in [0.5, 0.6) is 0 Å². The third kappa shape index (κ3) is 4.96. The van der Waals surface area contributed by atoms with E-state index in [1.165, 1.54) is 22.6 Å². The molecule has 3 atom stereocenters. The minimum absolute atomic E-state index is 0.176. The van der Waals surface area contributed by atoms with Crippen molar-refractivity contribution in [3.05, 3.63) is 95.1 Å². The predicted molar refractivity (Wildman–Crippen MR) is 144 cm³/mol. The van der Waals surface area contributed by atoms with Crippen LogP contribution in [0.25, 0.3) is 0 Å². The summed E-state index contributed by atoms with van der Waals surface area (Å²) in [6.07, 6.45) is 2.21. The zero-order valence-electron chi connectivity index (χ0n) is 21.5. The topological polar surface area (TPSA) is 92.8 Å². The highest BCUT2D eigenvalue weighted by Gasteiger charge is 2.50. The van der Waals surface area contributed by atoms with E-state index in [0.717, 1.165) is 17.5 Å². The lowest BCUT2D eigenvalue weighted by Crippen LogP contribution is -2.30. The molecule has 0 spiro atoms. The summed E-state index contributed by atoms with van der Waals surface area (Å²) in [6, 6.07) is 21.9. The number of carbonyl (C=O) groups excluding carboxylic acids is 4. The summed E-state index contributed by atoms with van der Waals surface area (Å²) in [5.74, 6) is -1.83. The largest absolute Gasteiger partial charge is 0.452 e. The van der Waals surface area contributed by atoms with Gasteiger partial charge in [-0.3, -0.25) is 19.3 Å². The van der Waals surface area contributed by atoms with E-state index in [0.29, 0.717) is 24.2 Å². The maximum atomic E-state index is 13.3. The monoisotopic (exact) mass is 510 g/mol. The molecule has 1 aliphatic carbocycles. The first-order valence-electron chi connectivity index (χ1n) is 12.9. The number of benzene rings is 3. The molecule has 2 fully saturated rings. The minimum Gasteiger partial charge on any atom is -0.452 e. The number of imide groups is 1. The summed E-state index contributed by atoms with van der Waals surface area (Å²) < 4.78 is 5.17. The lowest BCUT2D eigenvalue weighted by Gasteiger charge is -2.28. The Labute approximate surface area is 221 Å². The number of ether oxygens (including phenoxy) is 1. The molecule has 7 nitrogen and oxygen atoms in total. The van der Waals surface area contributed by atoms with E-state index in [-0.39, 0.29) is 35.1 Å². The zero-order chi connectivity index (χ0) is 26.8. The lowest BCUT2D eigenvalue weighted by atomic mass is 9.73. The van der Waals surface area contributed by atoms with Crippen molar-refractivity contribution in [2.75, 3.05) is 16.8 Å². The van der Waals surface area contributed by atoms with Gasteiger partial charge in [-0.2, -0.15) is 0 Å². The van der Waals surface area contributed by atoms with Gasteiger partial charge in [-0.25, -0.2) is 4.79 Å². The van der Waals surface area contributed by atoms with Crippen LogP contribution in [-0.2, 0) is 19.1 Å². The first-order valence-corrected chi connectivity index (χ1v) is 12.9. The molecule has 0 aromatic heterocycles. The molecule has 2 aliphatic rings. The molecule has 1 saturated carbocycles. The van der Waals surface area contributed by atoms with E-state index < -0.39 is 18.5 Å². The molecule has 3 aromatic carbocycles. The Bertz CT molecular complexity index is 1380. The number of hydrogen-bond donors (Lipinski definition) is 1. The molecule has 194 valence electrons. The van der Waals surface area contributed by atoms with Crippen molar-refractivity contribution in [1.29, 1.82) is 0 Å². The van der Waals surface area contributed by atoms with Gasteiger partial charge in [0.05, 0.1) is 23.1 Å². The average molecular weight is 511 g/mol. The smallest absolute Gasteiger partial charge is 0.338 e. The van der Waals surface area contributed by atoms with Gasteiger partial charge in [-0.1, -0.05) is 42.5 Å². The number of fused-ring (bicyclic) bond motifs is 1. The number of hydrogen-bond acceptors (Lipinski definition) is 5. The van der Waals surface area contributed by atoms with Crippen LogP contribution in [0, 0.1) is 25.7 Å². The van der Waals surface area contributed by atoms with Gasteiger partial charge < -0.3 is 10.1 Å². The summed E-state index contributed by atoms with van der Waals surface area (Å²) in [6.45, 7) is 3.43. The zero-order valence-corrected chi connectivity index (χ0v) is 21.5. The summed E-state index contributed by atoms with van der Waals surface area (Å²) >= 11 is 0. The molecular formula is C31H30N2O5. The third-order valence-corrected chi connectivity index (χ3v) is 7.77. The molecule has 3 aromatic rings. The van der Waals surface area contributed by atoms with Crippen LogP contribution in [0.2, 0.25) is 0 Å². The number of carbonyl (C=O) groups is 4. The van der Waals surface area contributed by atoms with Crippen LogP contribution in [-0.4, -0.2) is 30.3 Å². The summed E-state index contributed by atoms with van der Waals surface area (Å²) in [5, 5.41) is 2.75. The van der Waals surface area contributed by atoms with E-state index in [9.17, 15) is 19.2 Å². The van der Waals surface area contributed by atoms with E-state index >= 15 is 0 Å². The van der Waals surface area contributed by atoms with Crippen molar-refractivity contribution in [2.45, 2.75) is 39.0 Å². The van der Waals surface area contributed by atoms with Gasteiger partial charge in [0.25, 0.3) is 5.91 Å². The number of rotatable bonds is 6. The second kappa shape index (κ2) is 10.6. The fourth-order valence-corrected chi connectivity index (χ4v) is 5.50. The van der Waals surface area contributed by atoms with Crippen molar-refractivity contribution in [1.82, 2.24) is 0 Å². The molecule has 0 radical (unpaired) electrons. The SMILES string of the molecule is Cc1cccc(NC(=O)COC(=O)c2ccc(N3C(=O)[C@@H]4CC[C@H](c5ccccc5)C[C@H]4C3=O)cc2)c1C. The molecule has 7 heteroatoms. The second-order valence-corrected chi connectivity index (χ2v) is 10.1. The van der Waals surface area contributed by atoms with Crippen molar-refractivity contribution in [3.63, 3.8) is 0 Å². The first kappa shape index (κ1) is 25.4. The van der Waals surface area contributed by atoms with Crippen molar-refractivity contribution >= 4 is 35.1 Å². The summed E-state index contributed by atoms with van der Waals surface area (Å²) in [5.41, 5.74) is 4.54. The van der Waals surface area contributed by atoms with Gasteiger partial charge in [0.15, 0.2) is 6.61 Å². The molecule has 0 unspecified atom stereocenters. The Morgan fingerprint density at radius 2 is 1.58 bits per heavy atom. The van der Waals surface area contributed by atoms with Gasteiger partial charge in [0.1, 0.15) is 0 Å². The van der Waals surface area contributed by atoms with Gasteiger partial charge in [-0.15, -0.1) is 0 Å². The fourth-order valence-electron chi connectivity index (χ4n) is 5.50. The molecule has 3 amide bonds. The lowest BCUT2D eigenvalue weighted by molar-refractivity contribution is -0.122. The highest BCUT2D eigenvalue weighted by Crippen LogP contribution is 2.45. The van der Waals surface area contributed by atoms with E-state index in [1.54, 1.807) is 18.2 Å². The molecule has 0 bridgehead atoms. The maximum Gasteiger partial charge on any atom is 0.338 e. The number of amides is 3. The van der Waals surface area contributed by atoms with E-state index in [1.807, 2.05) is 44.2 Å². The minimum atomic E-state index is -0.661. The Hall–Kier alpha value is -4.26. The van der Waals surface area contributed by atoms with Crippen LogP contribution < -0.4 is 10.2 Å². The highest BCUT2D eigenvalue weighted by molar-refractivity contribution is 6.22. The van der Waals surface area contributed by atoms with Gasteiger partial charge in [0.2, 0.25) is 11.8 Å². The van der Waals surface area contributed by atoms with Gasteiger partial charge >= 0.3 is 5.97 Å². The van der Waals surface area contributed by atoms with E-state index in [2.05, 4.69) is 17.4 Å². The standard InChI is InChI=1S/C31H30N2O5/c1-19-7-6-10-27(20(19)2)32-28(34)18-38-31(37)22-11-14-24(15-12-22)33-29(35)25-16-13-23(17-26(25)30(33)36)21-8-4-3-5-9-21/h3-12,14-15,23,25-26H,13,16-18H2,1-2H3,(H,32,34)/t23-,25+,26+/m0/s1. The summed E-state index contributed by atoms with van der Waals surface area (Å²) in [7, 11) is 0. The average Bonchev–Trinajstić information content (AvgIpc) is 3.19. The van der Waals surface area contributed by atoms with Crippen LogP contribution in [0.3, 0.4) is 0 Å². The number of anilines is 2. The molecule has 5 rings (SSSR count). The number of nitrogens with zero attached hydrogens (tertiary/aromatic N) is 1. The van der Waals surface area contributed by atoms with Gasteiger partial charge in [-0.05, 0) is 86.1 Å². The first-order chi connectivity index (χ1) is 18.3. The Kier molecular flexibility index (Phi) is 7.09. The van der Waals surface area contributed by atoms with Crippen LogP contribution >= 0.6 is 0 Å². The third-order valence-electron chi connectivity index (χ3n) is 7.77. The molecule has 1 N–H and O–H groups in total. The highest BCUT2D eigenvalue weighted by atomic mass is 16.5. The quantitative estimate of drug-likeness (QED) is 0.365. The van der Waals surface area contributed by atoms with Crippen LogP contribution in [0.1, 0.15) is 52.2 Å². The van der Waals surface area contributed by atoms with Crippen molar-refractivity contribution in [3.8, 4) is 0 Å². The van der Waals surface area contributed by atoms with Gasteiger partial charge in [0, 0.05) is 5.69 Å². The van der Waals surface area contributed by atoms with E-state index in [4.69, 9.17) is 4.74 Å². The number of nitrogens with one attached hydrogen (secondary N) is 1. The van der Waals surface area contributed by atoms with Crippen LogP contribution in [0.4, 0.5) is 11.4 Å². The maximum absolute atomic E-state index is 13.3. The Balaban J connectivity index is 1.20. The number of aryl methyl sites for hydroxylation is 1. The summed E-state index contributed by atoms with van der Waals surface area (Å²) in [4.78, 5) is 52.5. The number of esters is 1. The molecule has 38 heavy (non-hydrogen) atoms. The normalized spacial score (nSPS) is 20.7. The molecular weight excluding hydrogens is 480 g/mol. The second-order valence-electron chi connectivity index (χ2n) is 10.1. The fraction of sp³-hybridized carbons (Fsp3) is 0.290.